The van der Waals surface area contributed by atoms with Crippen molar-refractivity contribution in [2.75, 3.05) is 7.11 Å². The molecule has 1 heterocycles. The fourth-order valence-corrected chi connectivity index (χ4v) is 1.63. The number of esters is 1. The molecule has 0 aromatic carbocycles. The van der Waals surface area contributed by atoms with Gasteiger partial charge in [-0.1, -0.05) is 0 Å². The van der Waals surface area contributed by atoms with Gasteiger partial charge in [-0.05, 0) is 19.3 Å². The van der Waals surface area contributed by atoms with Crippen molar-refractivity contribution < 1.29 is 9.53 Å². The summed E-state index contributed by atoms with van der Waals surface area (Å²) in [5, 5.41) is 0. The Morgan fingerprint density at radius 2 is 2.31 bits per heavy atom. The van der Waals surface area contributed by atoms with Gasteiger partial charge < -0.3 is 4.74 Å². The Hall–Kier alpha value is -1.45. The van der Waals surface area contributed by atoms with E-state index in [0.717, 1.165) is 30.5 Å². The highest BCUT2D eigenvalue weighted by molar-refractivity contribution is 5.89. The summed E-state index contributed by atoms with van der Waals surface area (Å²) >= 11 is 0. The fraction of sp³-hybridized carbons (Fsp3) is 0.444. The number of methoxy groups -OCH3 is 1. The molecule has 1 aliphatic rings. The van der Waals surface area contributed by atoms with Gasteiger partial charge in [0.2, 0.25) is 0 Å². The summed E-state index contributed by atoms with van der Waals surface area (Å²) in [5.41, 5.74) is 2.40. The summed E-state index contributed by atoms with van der Waals surface area (Å²) in [5.74, 6) is -0.361. The molecule has 1 aromatic heterocycles. The molecule has 4 nitrogen and oxygen atoms in total. The van der Waals surface area contributed by atoms with Crippen molar-refractivity contribution in [3.63, 3.8) is 0 Å². The molecule has 0 N–H and O–H groups in total. The van der Waals surface area contributed by atoms with Gasteiger partial charge in [0.05, 0.1) is 7.11 Å². The summed E-state index contributed by atoms with van der Waals surface area (Å²) < 4.78 is 4.63. The van der Waals surface area contributed by atoms with Crippen LogP contribution < -0.4 is 0 Å². The van der Waals surface area contributed by atoms with Gasteiger partial charge in [0, 0.05) is 11.3 Å². The third-order valence-corrected chi connectivity index (χ3v) is 2.25. The zero-order valence-electron chi connectivity index (χ0n) is 7.41. The van der Waals surface area contributed by atoms with Gasteiger partial charge in [0.25, 0.3) is 0 Å². The first-order valence-corrected chi connectivity index (χ1v) is 4.24. The standard InChI is InChI=1S/C9H10N2O2/c1-13-9(12)8-6-3-2-4-7(6)10-5-11-8/h5H,2-4H2,1H3. The van der Waals surface area contributed by atoms with E-state index in [0.29, 0.717) is 5.69 Å². The summed E-state index contributed by atoms with van der Waals surface area (Å²) in [6, 6.07) is 0. The van der Waals surface area contributed by atoms with Crippen LogP contribution in [0.2, 0.25) is 0 Å². The van der Waals surface area contributed by atoms with Crippen LogP contribution >= 0.6 is 0 Å². The highest BCUT2D eigenvalue weighted by Gasteiger charge is 2.21. The lowest BCUT2D eigenvalue weighted by Gasteiger charge is -2.03. The number of aromatic nitrogens is 2. The van der Waals surface area contributed by atoms with E-state index in [4.69, 9.17) is 0 Å². The maximum absolute atomic E-state index is 11.3. The van der Waals surface area contributed by atoms with E-state index in [2.05, 4.69) is 14.7 Å². The molecule has 0 radical (unpaired) electrons. The third-order valence-electron chi connectivity index (χ3n) is 2.25. The molecule has 13 heavy (non-hydrogen) atoms. The molecule has 0 amide bonds. The van der Waals surface area contributed by atoms with Crippen LogP contribution in [0.15, 0.2) is 6.33 Å². The fourth-order valence-electron chi connectivity index (χ4n) is 1.63. The van der Waals surface area contributed by atoms with Crippen LogP contribution in [-0.2, 0) is 17.6 Å². The Morgan fingerprint density at radius 3 is 3.08 bits per heavy atom. The molecule has 2 rings (SSSR count). The van der Waals surface area contributed by atoms with E-state index in [-0.39, 0.29) is 5.97 Å². The van der Waals surface area contributed by atoms with E-state index in [9.17, 15) is 4.79 Å². The normalized spacial score (nSPS) is 13.9. The van der Waals surface area contributed by atoms with Crippen LogP contribution in [0.4, 0.5) is 0 Å². The monoisotopic (exact) mass is 178 g/mol. The average Bonchev–Trinajstić information content (AvgIpc) is 2.63. The number of hydrogen-bond donors (Lipinski definition) is 0. The molecule has 4 heteroatoms. The minimum atomic E-state index is -0.361. The molecule has 0 spiro atoms. The van der Waals surface area contributed by atoms with E-state index < -0.39 is 0 Å². The molecule has 0 saturated heterocycles. The number of carbonyl (C=O) groups is 1. The Morgan fingerprint density at radius 1 is 1.46 bits per heavy atom. The number of ether oxygens (including phenoxy) is 1. The number of nitrogens with zero attached hydrogens (tertiary/aromatic N) is 2. The van der Waals surface area contributed by atoms with Gasteiger partial charge >= 0.3 is 5.97 Å². The summed E-state index contributed by atoms with van der Waals surface area (Å²) in [6.45, 7) is 0. The van der Waals surface area contributed by atoms with Gasteiger partial charge in [-0.2, -0.15) is 0 Å². The SMILES string of the molecule is COC(=O)c1ncnc2c1CCC2. The molecule has 0 atom stereocenters. The van der Waals surface area contributed by atoms with Crippen molar-refractivity contribution in [3.05, 3.63) is 23.3 Å². The van der Waals surface area contributed by atoms with E-state index in [1.807, 2.05) is 0 Å². The zero-order valence-corrected chi connectivity index (χ0v) is 7.41. The molecule has 0 aliphatic heterocycles. The quantitative estimate of drug-likeness (QED) is 0.595. The molecule has 0 saturated carbocycles. The molecular weight excluding hydrogens is 168 g/mol. The lowest BCUT2D eigenvalue weighted by Crippen LogP contribution is -2.09. The first-order valence-electron chi connectivity index (χ1n) is 4.24. The molecule has 1 aromatic rings. The second-order valence-electron chi connectivity index (χ2n) is 2.99. The third kappa shape index (κ3) is 1.28. The smallest absolute Gasteiger partial charge is 0.357 e. The van der Waals surface area contributed by atoms with Crippen molar-refractivity contribution in [2.45, 2.75) is 19.3 Å². The summed E-state index contributed by atoms with van der Waals surface area (Å²) in [7, 11) is 1.37. The Labute approximate surface area is 76.0 Å². The molecule has 0 fully saturated rings. The minimum Gasteiger partial charge on any atom is -0.464 e. The van der Waals surface area contributed by atoms with Gasteiger partial charge in [-0.3, -0.25) is 0 Å². The van der Waals surface area contributed by atoms with Crippen LogP contribution in [-0.4, -0.2) is 23.0 Å². The van der Waals surface area contributed by atoms with E-state index in [1.54, 1.807) is 0 Å². The van der Waals surface area contributed by atoms with E-state index in [1.165, 1.54) is 13.4 Å². The Balaban J connectivity index is 2.47. The van der Waals surface area contributed by atoms with Gasteiger partial charge in [0.15, 0.2) is 5.69 Å². The molecule has 0 unspecified atom stereocenters. The maximum Gasteiger partial charge on any atom is 0.357 e. The Bertz CT molecular complexity index is 349. The van der Waals surface area contributed by atoms with Gasteiger partial charge in [-0.25, -0.2) is 14.8 Å². The number of hydrogen-bond acceptors (Lipinski definition) is 4. The van der Waals surface area contributed by atoms with Crippen molar-refractivity contribution >= 4 is 5.97 Å². The number of fused-ring (bicyclic) bond motifs is 1. The lowest BCUT2D eigenvalue weighted by atomic mass is 10.2. The van der Waals surface area contributed by atoms with Crippen molar-refractivity contribution in [3.8, 4) is 0 Å². The first-order chi connectivity index (χ1) is 6.33. The van der Waals surface area contributed by atoms with Crippen molar-refractivity contribution in [1.82, 2.24) is 9.97 Å². The molecular formula is C9H10N2O2. The van der Waals surface area contributed by atoms with Gasteiger partial charge in [0.1, 0.15) is 6.33 Å². The largest absolute Gasteiger partial charge is 0.464 e. The molecule has 68 valence electrons. The summed E-state index contributed by atoms with van der Waals surface area (Å²) in [4.78, 5) is 19.3. The molecule has 1 aliphatic carbocycles. The van der Waals surface area contributed by atoms with Crippen molar-refractivity contribution in [1.29, 1.82) is 0 Å². The van der Waals surface area contributed by atoms with Crippen LogP contribution in [0.5, 0.6) is 0 Å². The van der Waals surface area contributed by atoms with Crippen LogP contribution in [0.3, 0.4) is 0 Å². The van der Waals surface area contributed by atoms with Crippen LogP contribution in [0.25, 0.3) is 0 Å². The second-order valence-corrected chi connectivity index (χ2v) is 2.99. The topological polar surface area (TPSA) is 52.1 Å². The number of aryl methyl sites for hydroxylation is 1. The predicted molar refractivity (Wildman–Crippen MR) is 45.4 cm³/mol. The highest BCUT2D eigenvalue weighted by atomic mass is 16.5. The van der Waals surface area contributed by atoms with Crippen LogP contribution in [0, 0.1) is 0 Å². The van der Waals surface area contributed by atoms with Crippen LogP contribution in [0.1, 0.15) is 28.2 Å². The number of carbonyl (C=O) groups excluding carboxylic acids is 1. The zero-order chi connectivity index (χ0) is 9.26. The van der Waals surface area contributed by atoms with Crippen molar-refractivity contribution in [2.24, 2.45) is 0 Å². The molecule has 0 bridgehead atoms. The lowest BCUT2D eigenvalue weighted by molar-refractivity contribution is 0.0592. The first kappa shape index (κ1) is 8.16. The average molecular weight is 178 g/mol. The summed E-state index contributed by atoms with van der Waals surface area (Å²) in [6.07, 6.45) is 4.32. The Kier molecular flexibility index (Phi) is 1.96. The predicted octanol–water partition coefficient (Wildman–Crippen LogP) is 0.752. The highest BCUT2D eigenvalue weighted by Crippen LogP contribution is 2.21. The number of rotatable bonds is 1. The maximum atomic E-state index is 11.3. The second kappa shape index (κ2) is 3.12. The minimum absolute atomic E-state index is 0.361. The van der Waals surface area contributed by atoms with Gasteiger partial charge in [-0.15, -0.1) is 0 Å². The van der Waals surface area contributed by atoms with E-state index >= 15 is 0 Å².